The molecule has 0 spiro atoms. The van der Waals surface area contributed by atoms with Gasteiger partial charge in [-0.25, -0.2) is 0 Å². The second kappa shape index (κ2) is 9.72. The predicted octanol–water partition coefficient (Wildman–Crippen LogP) is 5.81. The first-order chi connectivity index (χ1) is 17.6. The van der Waals surface area contributed by atoms with Crippen LogP contribution in [0.15, 0.2) is 35.5 Å². The van der Waals surface area contributed by atoms with Crippen molar-refractivity contribution in [3.8, 4) is 5.75 Å². The maximum Gasteiger partial charge on any atom is 0.425 e. The number of halogens is 3. The fourth-order valence-corrected chi connectivity index (χ4v) is 6.25. The van der Waals surface area contributed by atoms with Gasteiger partial charge in [-0.05, 0) is 68.2 Å². The standard InChI is InChI=1S/C29H37F3N2O4/c1-16(2)38-20-12-10-19(11-13-20)25(36)33-28(29(30,31)32)24-22(14-27(5,6)15-23(24)35)34(26(28)37)21-9-7-8-17(3)18(21)4/h10-13,16-18,21H,7-9,14-15H2,1-6H3,(H,33,36)/t17-,18-,21-,28-/m0/s1. The normalized spacial score (nSPS) is 29.5. The minimum Gasteiger partial charge on any atom is -0.491 e. The summed E-state index contributed by atoms with van der Waals surface area (Å²) >= 11 is 0. The van der Waals surface area contributed by atoms with Gasteiger partial charge in [0, 0.05) is 23.7 Å². The van der Waals surface area contributed by atoms with Crippen molar-refractivity contribution in [2.24, 2.45) is 17.3 Å². The van der Waals surface area contributed by atoms with Crippen molar-refractivity contribution >= 4 is 17.6 Å². The number of nitrogens with zero attached hydrogens (tertiary/aromatic N) is 1. The summed E-state index contributed by atoms with van der Waals surface area (Å²) < 4.78 is 51.0. The molecule has 38 heavy (non-hydrogen) atoms. The van der Waals surface area contributed by atoms with E-state index in [1.807, 2.05) is 46.9 Å². The molecule has 9 heteroatoms. The van der Waals surface area contributed by atoms with E-state index in [4.69, 9.17) is 4.74 Å². The fraction of sp³-hybridized carbons (Fsp3) is 0.621. The molecule has 0 radical (unpaired) electrons. The number of nitrogens with one attached hydrogen (secondary N) is 1. The van der Waals surface area contributed by atoms with Gasteiger partial charge in [-0.1, -0.05) is 40.5 Å². The molecule has 1 N–H and O–H groups in total. The summed E-state index contributed by atoms with van der Waals surface area (Å²) in [7, 11) is 0. The lowest BCUT2D eigenvalue weighted by molar-refractivity contribution is -0.192. The van der Waals surface area contributed by atoms with Crippen LogP contribution in [0.1, 0.15) is 84.0 Å². The highest BCUT2D eigenvalue weighted by Crippen LogP contribution is 2.54. The molecular formula is C29H37F3N2O4. The quantitative estimate of drug-likeness (QED) is 0.517. The molecule has 4 rings (SSSR count). The number of benzene rings is 1. The smallest absolute Gasteiger partial charge is 0.425 e. The van der Waals surface area contributed by atoms with E-state index in [-0.39, 0.29) is 42.0 Å². The molecular weight excluding hydrogens is 497 g/mol. The Hall–Kier alpha value is -2.84. The molecule has 1 aliphatic heterocycles. The number of hydrogen-bond acceptors (Lipinski definition) is 4. The Morgan fingerprint density at radius 1 is 1.08 bits per heavy atom. The van der Waals surface area contributed by atoms with Gasteiger partial charge in [-0.2, -0.15) is 13.2 Å². The molecule has 0 bridgehead atoms. The van der Waals surface area contributed by atoms with Crippen LogP contribution in [0, 0.1) is 17.3 Å². The average molecular weight is 535 g/mol. The van der Waals surface area contributed by atoms with Gasteiger partial charge in [-0.3, -0.25) is 14.4 Å². The third kappa shape index (κ3) is 4.73. The monoisotopic (exact) mass is 534 g/mol. The fourth-order valence-electron chi connectivity index (χ4n) is 6.25. The Kier molecular flexibility index (Phi) is 7.21. The van der Waals surface area contributed by atoms with Gasteiger partial charge in [0.15, 0.2) is 5.78 Å². The van der Waals surface area contributed by atoms with Crippen LogP contribution in [0.3, 0.4) is 0 Å². The number of ether oxygens (including phenoxy) is 1. The van der Waals surface area contributed by atoms with Gasteiger partial charge in [0.1, 0.15) is 5.75 Å². The summed E-state index contributed by atoms with van der Waals surface area (Å²) in [5.74, 6) is -2.50. The van der Waals surface area contributed by atoms with Crippen LogP contribution < -0.4 is 10.1 Å². The van der Waals surface area contributed by atoms with Crippen molar-refractivity contribution in [3.63, 3.8) is 0 Å². The van der Waals surface area contributed by atoms with Crippen molar-refractivity contribution < 1.29 is 32.3 Å². The highest BCUT2D eigenvalue weighted by Gasteiger charge is 2.72. The predicted molar refractivity (Wildman–Crippen MR) is 136 cm³/mol. The lowest BCUT2D eigenvalue weighted by Gasteiger charge is -2.43. The summed E-state index contributed by atoms with van der Waals surface area (Å²) in [6, 6.07) is 5.19. The first kappa shape index (κ1) is 28.2. The van der Waals surface area contributed by atoms with Gasteiger partial charge in [0.2, 0.25) is 5.54 Å². The second-order valence-corrected chi connectivity index (χ2v) is 12.2. The van der Waals surface area contributed by atoms with Crippen molar-refractivity contribution in [2.75, 3.05) is 0 Å². The lowest BCUT2D eigenvalue weighted by Crippen LogP contribution is -2.67. The molecule has 208 valence electrons. The molecule has 0 unspecified atom stereocenters. The summed E-state index contributed by atoms with van der Waals surface area (Å²) in [6.45, 7) is 11.3. The van der Waals surface area contributed by atoms with E-state index in [1.165, 1.54) is 29.2 Å². The van der Waals surface area contributed by atoms with E-state index in [9.17, 15) is 14.4 Å². The van der Waals surface area contributed by atoms with Crippen LogP contribution in [0.5, 0.6) is 5.75 Å². The Bertz CT molecular complexity index is 1160. The van der Waals surface area contributed by atoms with E-state index < -0.39 is 46.3 Å². The van der Waals surface area contributed by atoms with Gasteiger partial charge in [0.25, 0.3) is 11.8 Å². The van der Waals surface area contributed by atoms with Crippen LogP contribution in [0.25, 0.3) is 0 Å². The molecule has 2 amide bonds. The molecule has 0 saturated heterocycles. The first-order valence-electron chi connectivity index (χ1n) is 13.4. The van der Waals surface area contributed by atoms with E-state index >= 15 is 13.2 Å². The van der Waals surface area contributed by atoms with Gasteiger partial charge in [-0.15, -0.1) is 0 Å². The van der Waals surface area contributed by atoms with Crippen LogP contribution in [-0.2, 0) is 9.59 Å². The summed E-state index contributed by atoms with van der Waals surface area (Å²) in [5.41, 5.74) is -4.62. The first-order valence-corrected chi connectivity index (χ1v) is 13.4. The summed E-state index contributed by atoms with van der Waals surface area (Å²) in [6.07, 6.45) is -3.10. The molecule has 1 fully saturated rings. The Morgan fingerprint density at radius 3 is 2.29 bits per heavy atom. The number of ketones is 1. The minimum absolute atomic E-state index is 0.0603. The maximum atomic E-state index is 15.1. The maximum absolute atomic E-state index is 15.1. The summed E-state index contributed by atoms with van der Waals surface area (Å²) in [4.78, 5) is 42.0. The number of amides is 2. The van der Waals surface area contributed by atoms with Crippen LogP contribution in [0.2, 0.25) is 0 Å². The van der Waals surface area contributed by atoms with Crippen LogP contribution in [-0.4, -0.2) is 46.4 Å². The largest absolute Gasteiger partial charge is 0.491 e. The Balaban J connectivity index is 1.82. The topological polar surface area (TPSA) is 75.7 Å². The highest BCUT2D eigenvalue weighted by atomic mass is 19.4. The van der Waals surface area contributed by atoms with Crippen LogP contribution in [0.4, 0.5) is 13.2 Å². The molecule has 1 heterocycles. The van der Waals surface area contributed by atoms with Crippen molar-refractivity contribution in [3.05, 3.63) is 41.1 Å². The van der Waals surface area contributed by atoms with Gasteiger partial charge < -0.3 is 15.0 Å². The SMILES string of the molecule is CC(C)Oc1ccc(C(=O)N[C@]2(C(F)(F)F)C(=O)N([C@H]3CCC[C@H](C)[C@@H]3C)C3=C2C(=O)CC(C)(C)C3)cc1. The number of Topliss-reactive ketones (excluding diaryl/α,β-unsaturated/α-hetero) is 1. The van der Waals surface area contributed by atoms with Crippen molar-refractivity contribution in [2.45, 2.75) is 97.5 Å². The number of rotatable bonds is 5. The number of carbonyl (C=O) groups is 3. The average Bonchev–Trinajstić information content (AvgIpc) is 3.03. The molecule has 1 saturated carbocycles. The van der Waals surface area contributed by atoms with Crippen molar-refractivity contribution in [1.82, 2.24) is 10.2 Å². The van der Waals surface area contributed by atoms with E-state index in [0.29, 0.717) is 12.2 Å². The number of allylic oxidation sites excluding steroid dienone is 1. The number of carbonyl (C=O) groups excluding carboxylic acids is 3. The third-order valence-electron chi connectivity index (χ3n) is 8.27. The highest BCUT2D eigenvalue weighted by molar-refractivity contribution is 6.14. The molecule has 1 aromatic carbocycles. The molecule has 1 aromatic rings. The Morgan fingerprint density at radius 2 is 1.71 bits per heavy atom. The molecule has 6 nitrogen and oxygen atoms in total. The van der Waals surface area contributed by atoms with Crippen molar-refractivity contribution in [1.29, 1.82) is 0 Å². The van der Waals surface area contributed by atoms with Gasteiger partial charge in [0.05, 0.1) is 11.7 Å². The number of hydrogen-bond donors (Lipinski definition) is 1. The van der Waals surface area contributed by atoms with E-state index in [0.717, 1.165) is 12.8 Å². The lowest BCUT2D eigenvalue weighted by atomic mass is 9.72. The zero-order chi connectivity index (χ0) is 28.2. The third-order valence-corrected chi connectivity index (χ3v) is 8.27. The Labute approximate surface area is 222 Å². The zero-order valence-corrected chi connectivity index (χ0v) is 22.9. The van der Waals surface area contributed by atoms with Gasteiger partial charge >= 0.3 is 6.18 Å². The number of alkyl halides is 3. The zero-order valence-electron chi connectivity index (χ0n) is 22.9. The molecule has 2 aliphatic carbocycles. The summed E-state index contributed by atoms with van der Waals surface area (Å²) in [5, 5.41) is 2.04. The second-order valence-electron chi connectivity index (χ2n) is 12.2. The molecule has 0 aromatic heterocycles. The van der Waals surface area contributed by atoms with E-state index in [2.05, 4.69) is 0 Å². The minimum atomic E-state index is -5.23. The molecule has 4 atom stereocenters. The molecule has 3 aliphatic rings. The van der Waals surface area contributed by atoms with Crippen LogP contribution >= 0.6 is 0 Å². The van der Waals surface area contributed by atoms with E-state index in [1.54, 1.807) is 0 Å².